The third kappa shape index (κ3) is 7.52. The number of ether oxygens (including phenoxy) is 2. The lowest BCUT2D eigenvalue weighted by Crippen LogP contribution is -2.51. The number of anilines is 2. The van der Waals surface area contributed by atoms with Gasteiger partial charge in [0.25, 0.3) is 12.3 Å². The number of hydrogen-bond acceptors (Lipinski definition) is 7. The normalized spacial score (nSPS) is 19.7. The highest BCUT2D eigenvalue weighted by Crippen LogP contribution is 2.38. The fourth-order valence-electron chi connectivity index (χ4n) is 5.12. The topological polar surface area (TPSA) is 130 Å². The van der Waals surface area contributed by atoms with Crippen molar-refractivity contribution in [1.82, 2.24) is 25.6 Å². The molecule has 0 bridgehead atoms. The molecular formula is C28H29Cl2F5N6O4. The first-order valence-electron chi connectivity index (χ1n) is 14.0. The van der Waals surface area contributed by atoms with Crippen molar-refractivity contribution in [1.29, 1.82) is 0 Å². The molecule has 0 unspecified atom stereocenters. The number of alkyl halides is 5. The van der Waals surface area contributed by atoms with Crippen LogP contribution in [0.4, 0.5) is 33.6 Å². The number of nitrogens with zero attached hydrogens (tertiary/aromatic N) is 2. The van der Waals surface area contributed by atoms with Crippen LogP contribution in [0.25, 0.3) is 11.2 Å². The van der Waals surface area contributed by atoms with Gasteiger partial charge in [-0.05, 0) is 50.3 Å². The molecule has 1 saturated heterocycles. The summed E-state index contributed by atoms with van der Waals surface area (Å²) in [7, 11) is 0. The lowest BCUT2D eigenvalue weighted by molar-refractivity contribution is -0.182. The summed E-state index contributed by atoms with van der Waals surface area (Å²) in [4.78, 5) is 37.0. The summed E-state index contributed by atoms with van der Waals surface area (Å²) in [5.41, 5.74) is 0.233. The van der Waals surface area contributed by atoms with Crippen molar-refractivity contribution in [3.8, 4) is 5.88 Å². The molecular weight excluding hydrogens is 650 g/mol. The summed E-state index contributed by atoms with van der Waals surface area (Å²) in [6.07, 6.45) is -7.23. The predicted octanol–water partition coefficient (Wildman–Crippen LogP) is 6.16. The maximum Gasteiger partial charge on any atom is 0.391 e. The maximum atomic E-state index is 13.2. The van der Waals surface area contributed by atoms with Gasteiger partial charge < -0.3 is 30.4 Å². The zero-order valence-electron chi connectivity index (χ0n) is 23.8. The van der Waals surface area contributed by atoms with Gasteiger partial charge in [0.05, 0.1) is 45.8 Å². The molecule has 1 aliphatic heterocycles. The van der Waals surface area contributed by atoms with E-state index < -0.39 is 48.4 Å². The largest absolute Gasteiger partial charge is 0.471 e. The van der Waals surface area contributed by atoms with Crippen molar-refractivity contribution in [2.75, 3.05) is 25.1 Å². The second-order valence-corrected chi connectivity index (χ2v) is 12.1. The first kappa shape index (κ1) is 32.9. The first-order valence-corrected chi connectivity index (χ1v) is 14.8. The summed E-state index contributed by atoms with van der Waals surface area (Å²) in [6, 6.07) is 3.99. The van der Waals surface area contributed by atoms with Crippen molar-refractivity contribution in [2.24, 2.45) is 11.3 Å². The predicted molar refractivity (Wildman–Crippen MR) is 155 cm³/mol. The van der Waals surface area contributed by atoms with Crippen molar-refractivity contribution < 1.29 is 41.0 Å². The summed E-state index contributed by atoms with van der Waals surface area (Å²) >= 11 is 13.0. The van der Waals surface area contributed by atoms with Crippen LogP contribution in [0.5, 0.6) is 5.88 Å². The van der Waals surface area contributed by atoms with Gasteiger partial charge >= 0.3 is 6.18 Å². The zero-order valence-corrected chi connectivity index (χ0v) is 25.3. The minimum atomic E-state index is -4.30. The lowest BCUT2D eigenvalue weighted by atomic mass is 9.85. The smallest absolute Gasteiger partial charge is 0.391 e. The molecule has 45 heavy (non-hydrogen) atoms. The molecule has 0 radical (unpaired) electrons. The van der Waals surface area contributed by atoms with Gasteiger partial charge in [0.1, 0.15) is 5.56 Å². The number of benzene rings is 1. The number of aromatic nitrogens is 3. The van der Waals surface area contributed by atoms with E-state index in [1.54, 1.807) is 19.1 Å². The second-order valence-electron chi connectivity index (χ2n) is 11.3. The number of H-pyrrole nitrogens is 1. The first-order chi connectivity index (χ1) is 21.2. The Morgan fingerprint density at radius 1 is 1.16 bits per heavy atom. The lowest BCUT2D eigenvalue weighted by Gasteiger charge is -2.36. The van der Waals surface area contributed by atoms with E-state index in [0.29, 0.717) is 18.8 Å². The van der Waals surface area contributed by atoms with Crippen LogP contribution in [0, 0.1) is 11.3 Å². The monoisotopic (exact) mass is 678 g/mol. The van der Waals surface area contributed by atoms with Gasteiger partial charge in [-0.15, -0.1) is 0 Å². The van der Waals surface area contributed by atoms with Gasteiger partial charge in [-0.25, -0.2) is 8.78 Å². The van der Waals surface area contributed by atoms with Gasteiger partial charge in [-0.1, -0.05) is 29.3 Å². The second kappa shape index (κ2) is 13.1. The molecule has 17 heteroatoms. The molecule has 1 aliphatic carbocycles. The van der Waals surface area contributed by atoms with Crippen LogP contribution >= 0.6 is 23.2 Å². The van der Waals surface area contributed by atoms with Crippen LogP contribution in [0.2, 0.25) is 10.0 Å². The average molecular weight is 679 g/mol. The average Bonchev–Trinajstić information content (AvgIpc) is 3.37. The van der Waals surface area contributed by atoms with E-state index >= 15 is 0 Å². The molecule has 1 aromatic carbocycles. The van der Waals surface area contributed by atoms with Crippen LogP contribution in [-0.4, -0.2) is 65.2 Å². The SMILES string of the molecule is CC1(C(=O)NCc2ccc(Cl)c(Nc3nc4nc(OCC(F)F)c(C(=O)NC5CCC(C(F)(F)F)CC5)cc4[nH]3)c2Cl)COC1. The Bertz CT molecular complexity index is 1570. The Morgan fingerprint density at radius 2 is 1.87 bits per heavy atom. The van der Waals surface area contributed by atoms with Crippen LogP contribution in [0.1, 0.15) is 48.5 Å². The maximum absolute atomic E-state index is 13.2. The molecule has 3 aromatic rings. The minimum absolute atomic E-state index is 0.00984. The fraction of sp³-hybridized carbons (Fsp3) is 0.500. The van der Waals surface area contributed by atoms with E-state index in [0.717, 1.165) is 0 Å². The number of nitrogens with one attached hydrogen (secondary N) is 4. The van der Waals surface area contributed by atoms with E-state index in [-0.39, 0.29) is 76.5 Å². The van der Waals surface area contributed by atoms with Gasteiger partial charge in [-0.3, -0.25) is 9.59 Å². The molecule has 1 saturated carbocycles. The number of imidazole rings is 1. The molecule has 3 heterocycles. The number of fused-ring (bicyclic) bond motifs is 1. The summed E-state index contributed by atoms with van der Waals surface area (Å²) in [6.45, 7) is 1.50. The molecule has 244 valence electrons. The molecule has 2 amide bonds. The van der Waals surface area contributed by atoms with Gasteiger partial charge in [0, 0.05) is 12.6 Å². The van der Waals surface area contributed by atoms with Gasteiger partial charge in [-0.2, -0.15) is 23.1 Å². The molecule has 2 aliphatic rings. The van der Waals surface area contributed by atoms with Crippen LogP contribution in [0.3, 0.4) is 0 Å². The Balaban J connectivity index is 1.34. The number of aromatic amines is 1. The van der Waals surface area contributed by atoms with Crippen molar-refractivity contribution in [3.63, 3.8) is 0 Å². The van der Waals surface area contributed by atoms with E-state index in [4.69, 9.17) is 32.7 Å². The Hall–Kier alpha value is -3.43. The molecule has 0 atom stereocenters. The molecule has 5 rings (SSSR count). The van der Waals surface area contributed by atoms with Crippen molar-refractivity contribution in [2.45, 2.75) is 57.8 Å². The summed E-state index contributed by atoms with van der Waals surface area (Å²) in [5.74, 6) is -2.68. The van der Waals surface area contributed by atoms with Crippen LogP contribution in [-0.2, 0) is 16.1 Å². The Kier molecular flexibility index (Phi) is 9.61. The van der Waals surface area contributed by atoms with Crippen LogP contribution < -0.4 is 20.7 Å². The van der Waals surface area contributed by atoms with E-state index in [2.05, 4.69) is 30.9 Å². The molecule has 0 spiro atoms. The third-order valence-corrected chi connectivity index (χ3v) is 8.54. The van der Waals surface area contributed by atoms with Crippen molar-refractivity contribution >= 4 is 57.8 Å². The number of hydrogen-bond donors (Lipinski definition) is 4. The Labute approximate surface area is 263 Å². The van der Waals surface area contributed by atoms with Gasteiger partial charge in [0.2, 0.25) is 17.7 Å². The standard InChI is InChI=1S/C28H29Cl2F5N6O4/c1-27(11-44-12-27)25(43)36-9-13-2-7-17(29)21(20(13)30)39-26-38-18-8-16(24(40-22(18)41-26)45-10-19(31)32)23(42)37-15-5-3-14(4-6-15)28(33,34)35/h2,7-8,14-15,19H,3-6,9-12H2,1H3,(H,36,43)(H,37,42)(H2,38,39,40,41). The highest BCUT2D eigenvalue weighted by Gasteiger charge is 2.42. The minimum Gasteiger partial charge on any atom is -0.471 e. The van der Waals surface area contributed by atoms with Gasteiger partial charge in [0.15, 0.2) is 12.3 Å². The van der Waals surface area contributed by atoms with E-state index in [9.17, 15) is 31.5 Å². The van der Waals surface area contributed by atoms with Crippen molar-refractivity contribution in [3.05, 3.63) is 39.4 Å². The third-order valence-electron chi connectivity index (χ3n) is 7.80. The number of rotatable bonds is 10. The fourth-order valence-corrected chi connectivity index (χ4v) is 5.65. The number of carbonyl (C=O) groups is 2. The highest BCUT2D eigenvalue weighted by atomic mass is 35.5. The number of amides is 2. The summed E-state index contributed by atoms with van der Waals surface area (Å²) in [5, 5.41) is 8.88. The van der Waals surface area contributed by atoms with E-state index in [1.807, 2.05) is 0 Å². The quantitative estimate of drug-likeness (QED) is 0.189. The number of carbonyl (C=O) groups excluding carboxylic acids is 2. The Morgan fingerprint density at radius 3 is 2.49 bits per heavy atom. The summed E-state index contributed by atoms with van der Waals surface area (Å²) < 4.78 is 75.3. The van der Waals surface area contributed by atoms with E-state index in [1.165, 1.54) is 6.07 Å². The molecule has 10 nitrogen and oxygen atoms in total. The number of pyridine rings is 1. The molecule has 4 N–H and O–H groups in total. The van der Waals surface area contributed by atoms with Crippen LogP contribution in [0.15, 0.2) is 18.2 Å². The molecule has 2 fully saturated rings. The number of halogens is 7. The molecule has 2 aromatic heterocycles. The zero-order chi connectivity index (χ0) is 32.5. The highest BCUT2D eigenvalue weighted by molar-refractivity contribution is 6.39.